The summed E-state index contributed by atoms with van der Waals surface area (Å²) in [5, 5.41) is 8.32. The zero-order chi connectivity index (χ0) is 12.8. The van der Waals surface area contributed by atoms with Gasteiger partial charge in [0.2, 0.25) is 0 Å². The van der Waals surface area contributed by atoms with Gasteiger partial charge in [-0.25, -0.2) is 0 Å². The molecule has 1 unspecified atom stereocenters. The highest BCUT2D eigenvalue weighted by molar-refractivity contribution is 9.10. The van der Waals surface area contributed by atoms with E-state index >= 15 is 0 Å². The molecule has 1 aliphatic rings. The SMILES string of the molecule is N=C(C1=CCCCCC1)C(Br)Cc1ccccc1. The van der Waals surface area contributed by atoms with Crippen molar-refractivity contribution < 1.29 is 0 Å². The molecule has 1 aliphatic carbocycles. The van der Waals surface area contributed by atoms with E-state index in [4.69, 9.17) is 5.41 Å². The summed E-state index contributed by atoms with van der Waals surface area (Å²) in [7, 11) is 0. The molecule has 0 heterocycles. The Labute approximate surface area is 118 Å². The van der Waals surface area contributed by atoms with Gasteiger partial charge < -0.3 is 5.41 Å². The van der Waals surface area contributed by atoms with Crippen molar-refractivity contribution >= 4 is 21.6 Å². The maximum Gasteiger partial charge on any atom is 0.0603 e. The average molecular weight is 306 g/mol. The molecule has 0 saturated heterocycles. The van der Waals surface area contributed by atoms with E-state index in [1.807, 2.05) is 6.07 Å². The molecule has 0 radical (unpaired) electrons. The first-order valence-electron chi connectivity index (χ1n) is 6.73. The molecule has 0 aliphatic heterocycles. The van der Waals surface area contributed by atoms with Crippen LogP contribution in [-0.4, -0.2) is 10.5 Å². The van der Waals surface area contributed by atoms with Crippen LogP contribution in [0.1, 0.15) is 37.7 Å². The number of alkyl halides is 1. The Bertz CT molecular complexity index is 422. The van der Waals surface area contributed by atoms with Crippen molar-refractivity contribution in [2.75, 3.05) is 0 Å². The average Bonchev–Trinajstić information content (AvgIpc) is 2.68. The molecule has 1 aromatic rings. The van der Waals surface area contributed by atoms with Gasteiger partial charge in [0.1, 0.15) is 0 Å². The highest BCUT2D eigenvalue weighted by Crippen LogP contribution is 2.22. The van der Waals surface area contributed by atoms with Gasteiger partial charge in [-0.3, -0.25) is 0 Å². The Balaban J connectivity index is 1.98. The van der Waals surface area contributed by atoms with Crippen molar-refractivity contribution in [2.45, 2.75) is 43.4 Å². The Morgan fingerprint density at radius 2 is 1.94 bits per heavy atom. The Kier molecular flexibility index (Phi) is 5.18. The maximum atomic E-state index is 8.32. The van der Waals surface area contributed by atoms with Crippen LogP contribution in [0.15, 0.2) is 42.0 Å². The van der Waals surface area contributed by atoms with Crippen molar-refractivity contribution in [1.82, 2.24) is 0 Å². The second-order valence-electron chi connectivity index (χ2n) is 4.90. The second-order valence-corrected chi connectivity index (χ2v) is 6.00. The number of benzene rings is 1. The molecule has 0 aromatic heterocycles. The Morgan fingerprint density at radius 1 is 1.17 bits per heavy atom. The predicted molar refractivity (Wildman–Crippen MR) is 81.8 cm³/mol. The van der Waals surface area contributed by atoms with Gasteiger partial charge in [-0.2, -0.15) is 0 Å². The molecular formula is C16H20BrN. The summed E-state index contributed by atoms with van der Waals surface area (Å²) >= 11 is 3.68. The molecule has 2 rings (SSSR count). The minimum Gasteiger partial charge on any atom is -0.304 e. The first kappa shape index (κ1) is 13.5. The van der Waals surface area contributed by atoms with E-state index in [-0.39, 0.29) is 4.83 Å². The number of nitrogens with one attached hydrogen (secondary N) is 1. The standard InChI is InChI=1S/C16H20BrN/c17-15(12-13-8-4-3-5-9-13)16(18)14-10-6-1-2-7-11-14/h3-5,8-10,15,18H,1-2,6-7,11-12H2. The first-order valence-corrected chi connectivity index (χ1v) is 7.65. The van der Waals surface area contributed by atoms with Crippen molar-refractivity contribution in [3.63, 3.8) is 0 Å². The fraction of sp³-hybridized carbons (Fsp3) is 0.438. The summed E-state index contributed by atoms with van der Waals surface area (Å²) in [4.78, 5) is 0.143. The summed E-state index contributed by atoms with van der Waals surface area (Å²) in [6, 6.07) is 10.4. The van der Waals surface area contributed by atoms with Crippen LogP contribution in [-0.2, 0) is 6.42 Å². The molecule has 0 bridgehead atoms. The van der Waals surface area contributed by atoms with Gasteiger partial charge in [-0.05, 0) is 43.2 Å². The Morgan fingerprint density at radius 3 is 2.72 bits per heavy atom. The third-order valence-electron chi connectivity index (χ3n) is 3.46. The van der Waals surface area contributed by atoms with E-state index in [0.29, 0.717) is 0 Å². The minimum absolute atomic E-state index is 0.143. The molecule has 1 nitrogen and oxygen atoms in total. The third-order valence-corrected chi connectivity index (χ3v) is 4.24. The van der Waals surface area contributed by atoms with E-state index in [2.05, 4.69) is 46.3 Å². The molecular weight excluding hydrogens is 286 g/mol. The molecule has 96 valence electrons. The van der Waals surface area contributed by atoms with Gasteiger partial charge in [0, 0.05) is 5.71 Å². The lowest BCUT2D eigenvalue weighted by atomic mass is 9.99. The lowest BCUT2D eigenvalue weighted by Crippen LogP contribution is -2.18. The van der Waals surface area contributed by atoms with Crippen LogP contribution >= 0.6 is 15.9 Å². The minimum atomic E-state index is 0.143. The topological polar surface area (TPSA) is 23.9 Å². The van der Waals surface area contributed by atoms with Crippen molar-refractivity contribution in [3.05, 3.63) is 47.5 Å². The molecule has 1 N–H and O–H groups in total. The van der Waals surface area contributed by atoms with E-state index in [1.54, 1.807) is 0 Å². The fourth-order valence-corrected chi connectivity index (χ4v) is 3.05. The number of hydrogen-bond donors (Lipinski definition) is 1. The van der Waals surface area contributed by atoms with Crippen LogP contribution in [0.5, 0.6) is 0 Å². The molecule has 0 fully saturated rings. The van der Waals surface area contributed by atoms with Crippen LogP contribution in [0.4, 0.5) is 0 Å². The van der Waals surface area contributed by atoms with E-state index in [1.165, 1.54) is 30.4 Å². The summed E-state index contributed by atoms with van der Waals surface area (Å²) in [5.41, 5.74) is 3.32. The molecule has 1 atom stereocenters. The number of allylic oxidation sites excluding steroid dienone is 2. The summed E-state index contributed by atoms with van der Waals surface area (Å²) < 4.78 is 0. The molecule has 0 amide bonds. The van der Waals surface area contributed by atoms with Gasteiger partial charge in [-0.15, -0.1) is 0 Å². The highest BCUT2D eigenvalue weighted by atomic mass is 79.9. The smallest absolute Gasteiger partial charge is 0.0603 e. The lowest BCUT2D eigenvalue weighted by molar-refractivity contribution is 0.714. The fourth-order valence-electron chi connectivity index (χ4n) is 2.38. The van der Waals surface area contributed by atoms with Crippen molar-refractivity contribution in [3.8, 4) is 0 Å². The van der Waals surface area contributed by atoms with Crippen LogP contribution in [0, 0.1) is 5.41 Å². The van der Waals surface area contributed by atoms with Gasteiger partial charge in [0.05, 0.1) is 4.83 Å². The number of halogens is 1. The number of hydrogen-bond acceptors (Lipinski definition) is 1. The van der Waals surface area contributed by atoms with Crippen LogP contribution in [0.25, 0.3) is 0 Å². The number of rotatable bonds is 4. The van der Waals surface area contributed by atoms with Crippen LogP contribution in [0.3, 0.4) is 0 Å². The predicted octanol–water partition coefficient (Wildman–Crippen LogP) is 4.90. The van der Waals surface area contributed by atoms with Gasteiger partial charge in [0.15, 0.2) is 0 Å². The second kappa shape index (κ2) is 6.89. The normalized spacial score (nSPS) is 17.7. The molecule has 2 heteroatoms. The maximum absolute atomic E-state index is 8.32. The van der Waals surface area contributed by atoms with Crippen LogP contribution in [0.2, 0.25) is 0 Å². The summed E-state index contributed by atoms with van der Waals surface area (Å²) in [6.07, 6.45) is 9.21. The van der Waals surface area contributed by atoms with Gasteiger partial charge in [0.25, 0.3) is 0 Å². The van der Waals surface area contributed by atoms with Crippen molar-refractivity contribution in [2.24, 2.45) is 0 Å². The van der Waals surface area contributed by atoms with Crippen LogP contribution < -0.4 is 0 Å². The Hall–Kier alpha value is -0.890. The van der Waals surface area contributed by atoms with E-state index in [9.17, 15) is 0 Å². The highest BCUT2D eigenvalue weighted by Gasteiger charge is 2.16. The first-order chi connectivity index (χ1) is 8.77. The molecule has 0 spiro atoms. The zero-order valence-corrected chi connectivity index (χ0v) is 12.2. The quantitative estimate of drug-likeness (QED) is 0.604. The third kappa shape index (κ3) is 3.81. The van der Waals surface area contributed by atoms with E-state index in [0.717, 1.165) is 25.0 Å². The largest absolute Gasteiger partial charge is 0.304 e. The molecule has 1 aromatic carbocycles. The molecule has 18 heavy (non-hydrogen) atoms. The summed E-state index contributed by atoms with van der Waals surface area (Å²) in [6.45, 7) is 0. The summed E-state index contributed by atoms with van der Waals surface area (Å²) in [5.74, 6) is 0. The van der Waals surface area contributed by atoms with Crippen molar-refractivity contribution in [1.29, 1.82) is 5.41 Å². The zero-order valence-electron chi connectivity index (χ0n) is 10.7. The van der Waals surface area contributed by atoms with Gasteiger partial charge in [-0.1, -0.05) is 58.8 Å². The van der Waals surface area contributed by atoms with E-state index < -0.39 is 0 Å². The molecule has 0 saturated carbocycles. The monoisotopic (exact) mass is 305 g/mol. The van der Waals surface area contributed by atoms with Gasteiger partial charge >= 0.3 is 0 Å². The lowest BCUT2D eigenvalue weighted by Gasteiger charge is -2.14.